The molecule has 1 aliphatic heterocycles. The van der Waals surface area contributed by atoms with E-state index in [0.29, 0.717) is 22.6 Å². The molecule has 0 spiro atoms. The van der Waals surface area contributed by atoms with Crippen molar-refractivity contribution in [2.45, 2.75) is 63.6 Å². The molecule has 0 N–H and O–H groups in total. The molecule has 0 atom stereocenters. The van der Waals surface area contributed by atoms with Crippen LogP contribution in [0.25, 0.3) is 10.9 Å². The number of hydrogen-bond acceptors (Lipinski definition) is 5. The summed E-state index contributed by atoms with van der Waals surface area (Å²) >= 11 is 6.07. The van der Waals surface area contributed by atoms with Crippen LogP contribution in [0, 0.1) is 0 Å². The monoisotopic (exact) mass is 463 g/mol. The van der Waals surface area contributed by atoms with Crippen molar-refractivity contribution in [3.8, 4) is 11.6 Å². The predicted octanol–water partition coefficient (Wildman–Crippen LogP) is 6.37. The Morgan fingerprint density at radius 2 is 1.61 bits per heavy atom. The fourth-order valence-corrected chi connectivity index (χ4v) is 4.90. The van der Waals surface area contributed by atoms with Crippen LogP contribution in [-0.4, -0.2) is 27.8 Å². The second kappa shape index (κ2) is 7.64. The Balaban J connectivity index is 1.55. The van der Waals surface area contributed by atoms with E-state index >= 15 is 0 Å². The van der Waals surface area contributed by atoms with Crippen molar-refractivity contribution in [2.75, 3.05) is 0 Å². The highest BCUT2D eigenvalue weighted by molar-refractivity contribution is 6.31. The second-order valence-electron chi connectivity index (χ2n) is 9.94. The van der Waals surface area contributed by atoms with Crippen LogP contribution in [0.2, 0.25) is 5.02 Å². The van der Waals surface area contributed by atoms with E-state index in [-0.39, 0.29) is 11.6 Å². The molecule has 1 aliphatic carbocycles. The lowest BCUT2D eigenvalue weighted by Gasteiger charge is -2.43. The molecule has 33 heavy (non-hydrogen) atoms. The van der Waals surface area contributed by atoms with Crippen molar-refractivity contribution in [2.24, 2.45) is 0 Å². The van der Waals surface area contributed by atoms with Gasteiger partial charge in [0.25, 0.3) is 0 Å². The molecule has 2 aliphatic rings. The first-order valence-corrected chi connectivity index (χ1v) is 11.6. The SMILES string of the molecule is CC1(C)OC(C)(C)C(=O)C(c2cc(Oc3ccc4cc(Cl)ccc4n3)ccc2C2CC2)C1=O. The van der Waals surface area contributed by atoms with Gasteiger partial charge in [-0.2, -0.15) is 0 Å². The molecule has 170 valence electrons. The number of hydrogen-bond donors (Lipinski definition) is 0. The first-order valence-electron chi connectivity index (χ1n) is 11.2. The van der Waals surface area contributed by atoms with Gasteiger partial charge < -0.3 is 9.47 Å². The highest BCUT2D eigenvalue weighted by Gasteiger charge is 2.53. The largest absolute Gasteiger partial charge is 0.439 e. The Hall–Kier alpha value is -2.76. The Labute approximate surface area is 198 Å². The summed E-state index contributed by atoms with van der Waals surface area (Å²) in [5.41, 5.74) is 0.428. The average molecular weight is 464 g/mol. The number of halogens is 1. The molecule has 1 saturated heterocycles. The van der Waals surface area contributed by atoms with Gasteiger partial charge in [0.2, 0.25) is 5.88 Å². The van der Waals surface area contributed by atoms with Gasteiger partial charge in [-0.15, -0.1) is 0 Å². The van der Waals surface area contributed by atoms with Crippen LogP contribution in [0.5, 0.6) is 11.6 Å². The molecule has 2 fully saturated rings. The zero-order valence-corrected chi connectivity index (χ0v) is 19.9. The molecule has 0 bridgehead atoms. The molecule has 5 rings (SSSR count). The molecule has 1 saturated carbocycles. The lowest BCUT2D eigenvalue weighted by molar-refractivity contribution is -0.184. The summed E-state index contributed by atoms with van der Waals surface area (Å²) < 4.78 is 12.0. The van der Waals surface area contributed by atoms with Gasteiger partial charge in [0, 0.05) is 16.5 Å². The van der Waals surface area contributed by atoms with Gasteiger partial charge >= 0.3 is 0 Å². The maximum Gasteiger partial charge on any atom is 0.219 e. The number of rotatable bonds is 4. The van der Waals surface area contributed by atoms with Gasteiger partial charge in [-0.3, -0.25) is 9.59 Å². The molecule has 0 unspecified atom stereocenters. The average Bonchev–Trinajstić information content (AvgIpc) is 3.58. The van der Waals surface area contributed by atoms with E-state index in [9.17, 15) is 9.59 Å². The van der Waals surface area contributed by atoms with Crippen LogP contribution in [0.3, 0.4) is 0 Å². The number of carbonyl (C=O) groups is 2. The maximum absolute atomic E-state index is 13.4. The number of ether oxygens (including phenoxy) is 2. The number of carbonyl (C=O) groups excluding carboxylic acids is 2. The molecular formula is C27H26ClNO4. The lowest BCUT2D eigenvalue weighted by Crippen LogP contribution is -2.58. The lowest BCUT2D eigenvalue weighted by atomic mass is 9.73. The second-order valence-corrected chi connectivity index (χ2v) is 10.4. The highest BCUT2D eigenvalue weighted by Crippen LogP contribution is 2.47. The first-order chi connectivity index (χ1) is 15.5. The summed E-state index contributed by atoms with van der Waals surface area (Å²) in [5, 5.41) is 1.57. The van der Waals surface area contributed by atoms with Crippen molar-refractivity contribution in [3.63, 3.8) is 0 Å². The summed E-state index contributed by atoms with van der Waals surface area (Å²) in [6.45, 7) is 6.94. The van der Waals surface area contributed by atoms with Gasteiger partial charge in [-0.05, 0) is 94.0 Å². The number of fused-ring (bicyclic) bond motifs is 1. The minimum atomic E-state index is -1.05. The highest BCUT2D eigenvalue weighted by atomic mass is 35.5. The molecule has 2 aromatic carbocycles. The van der Waals surface area contributed by atoms with Crippen molar-refractivity contribution in [1.82, 2.24) is 4.98 Å². The topological polar surface area (TPSA) is 65.5 Å². The fourth-order valence-electron chi connectivity index (χ4n) is 4.72. The van der Waals surface area contributed by atoms with Gasteiger partial charge in [-0.25, -0.2) is 4.98 Å². The molecule has 1 aromatic heterocycles. The molecule has 5 nitrogen and oxygen atoms in total. The van der Waals surface area contributed by atoms with Gasteiger partial charge in [-0.1, -0.05) is 17.7 Å². The van der Waals surface area contributed by atoms with E-state index in [1.807, 2.05) is 36.4 Å². The third kappa shape index (κ3) is 4.04. The third-order valence-corrected chi connectivity index (χ3v) is 6.69. The Bertz CT molecular complexity index is 1270. The molecule has 0 radical (unpaired) electrons. The van der Waals surface area contributed by atoms with Gasteiger partial charge in [0.05, 0.1) is 5.52 Å². The number of aromatic nitrogens is 1. The first kappa shape index (κ1) is 22.1. The summed E-state index contributed by atoms with van der Waals surface area (Å²) in [4.78, 5) is 31.3. The van der Waals surface area contributed by atoms with Crippen LogP contribution in [0.4, 0.5) is 0 Å². The molecule has 3 aromatic rings. The number of ketones is 2. The van der Waals surface area contributed by atoms with Crippen LogP contribution < -0.4 is 4.74 Å². The van der Waals surface area contributed by atoms with Crippen LogP contribution in [0.15, 0.2) is 48.5 Å². The van der Waals surface area contributed by atoms with Crippen LogP contribution >= 0.6 is 11.6 Å². The predicted molar refractivity (Wildman–Crippen MR) is 127 cm³/mol. The van der Waals surface area contributed by atoms with E-state index in [2.05, 4.69) is 4.98 Å². The van der Waals surface area contributed by atoms with Crippen molar-refractivity contribution in [1.29, 1.82) is 0 Å². The van der Waals surface area contributed by atoms with Crippen LogP contribution in [0.1, 0.15) is 63.5 Å². The number of pyridine rings is 1. The van der Waals surface area contributed by atoms with E-state index < -0.39 is 17.1 Å². The van der Waals surface area contributed by atoms with Gasteiger partial charge in [0.1, 0.15) is 22.9 Å². The fraction of sp³-hybridized carbons (Fsp3) is 0.370. The summed E-state index contributed by atoms with van der Waals surface area (Å²) in [6, 6.07) is 14.9. The normalized spacial score (nSPS) is 20.3. The minimum Gasteiger partial charge on any atom is -0.439 e. The van der Waals surface area contributed by atoms with Crippen molar-refractivity contribution in [3.05, 3.63) is 64.7 Å². The summed E-state index contributed by atoms with van der Waals surface area (Å²) in [6.07, 6.45) is 2.11. The van der Waals surface area contributed by atoms with E-state index in [0.717, 1.165) is 34.9 Å². The standard InChI is InChI=1S/C27H26ClNO4/c1-26(2)24(30)23(25(31)27(3,4)33-26)20-14-18(9-10-19(20)15-5-6-15)32-22-12-7-16-13-17(28)8-11-21(16)29-22/h7-15,23H,5-6H2,1-4H3. The molecular weight excluding hydrogens is 438 g/mol. The van der Waals surface area contributed by atoms with E-state index in [1.165, 1.54) is 0 Å². The van der Waals surface area contributed by atoms with Crippen molar-refractivity contribution >= 4 is 34.1 Å². The zero-order valence-electron chi connectivity index (χ0n) is 19.1. The quantitative estimate of drug-likeness (QED) is 0.421. The maximum atomic E-state index is 13.4. The Morgan fingerprint density at radius 1 is 0.909 bits per heavy atom. The number of nitrogens with zero attached hydrogens (tertiary/aromatic N) is 1. The number of benzene rings is 2. The molecule has 6 heteroatoms. The number of Topliss-reactive ketones (excluding diaryl/α,β-unsaturated/α-hetero) is 2. The zero-order chi connectivity index (χ0) is 23.5. The summed E-state index contributed by atoms with van der Waals surface area (Å²) in [7, 11) is 0. The third-order valence-electron chi connectivity index (χ3n) is 6.46. The van der Waals surface area contributed by atoms with E-state index in [4.69, 9.17) is 21.1 Å². The smallest absolute Gasteiger partial charge is 0.219 e. The van der Waals surface area contributed by atoms with Gasteiger partial charge in [0.15, 0.2) is 11.6 Å². The molecule has 2 heterocycles. The van der Waals surface area contributed by atoms with E-state index in [1.54, 1.807) is 39.8 Å². The Morgan fingerprint density at radius 3 is 2.27 bits per heavy atom. The molecule has 0 amide bonds. The van der Waals surface area contributed by atoms with Crippen LogP contribution in [-0.2, 0) is 14.3 Å². The Kier molecular flexibility index (Phi) is 5.11. The minimum absolute atomic E-state index is 0.216. The van der Waals surface area contributed by atoms with Crippen molar-refractivity contribution < 1.29 is 19.1 Å². The summed E-state index contributed by atoms with van der Waals surface area (Å²) in [5.74, 6) is 0.0261.